The molecular weight excluding hydrogens is 184 g/mol. The summed E-state index contributed by atoms with van der Waals surface area (Å²) in [6.07, 6.45) is 2.65. The Morgan fingerprint density at radius 3 is 2.50 bits per heavy atom. The van der Waals surface area contributed by atoms with Crippen LogP contribution in [-0.2, 0) is 4.79 Å². The Kier molecular flexibility index (Phi) is 4.31. The van der Waals surface area contributed by atoms with Crippen LogP contribution in [0.15, 0.2) is 0 Å². The number of rotatable bonds is 4. The molecule has 1 saturated carbocycles. The fourth-order valence-electron chi connectivity index (χ4n) is 1.77. The molecule has 1 fully saturated rings. The summed E-state index contributed by atoms with van der Waals surface area (Å²) in [4.78, 5) is 11.6. The summed E-state index contributed by atoms with van der Waals surface area (Å²) in [7, 11) is 0. The molecule has 0 aromatic rings. The monoisotopic (exact) mass is 202 g/mol. The average molecular weight is 202 g/mol. The van der Waals surface area contributed by atoms with Gasteiger partial charge in [0, 0.05) is 6.04 Å². The summed E-state index contributed by atoms with van der Waals surface area (Å²) in [6.45, 7) is -0.492. The summed E-state index contributed by atoms with van der Waals surface area (Å²) >= 11 is 0. The predicted molar refractivity (Wildman–Crippen MR) is 51.4 cm³/mol. The molecular formula is C9H18N2O3. The van der Waals surface area contributed by atoms with Crippen molar-refractivity contribution in [2.75, 3.05) is 13.2 Å². The molecule has 14 heavy (non-hydrogen) atoms. The first-order valence-electron chi connectivity index (χ1n) is 4.96. The van der Waals surface area contributed by atoms with Gasteiger partial charge in [-0.2, -0.15) is 0 Å². The Labute approximate surface area is 83.3 Å². The van der Waals surface area contributed by atoms with E-state index in [1.165, 1.54) is 0 Å². The number of nitrogens with two attached hydrogens (primary N) is 1. The number of amides is 1. The molecule has 5 heteroatoms. The van der Waals surface area contributed by atoms with Crippen molar-refractivity contribution in [2.45, 2.75) is 31.3 Å². The van der Waals surface area contributed by atoms with Crippen LogP contribution in [0.25, 0.3) is 0 Å². The summed E-state index contributed by atoms with van der Waals surface area (Å²) in [5, 5.41) is 20.1. The lowest BCUT2D eigenvalue weighted by Gasteiger charge is -2.19. The van der Waals surface area contributed by atoms with E-state index in [0.29, 0.717) is 0 Å². The number of aliphatic hydroxyl groups excluding tert-OH is 2. The van der Waals surface area contributed by atoms with Crippen LogP contribution in [-0.4, -0.2) is 41.4 Å². The van der Waals surface area contributed by atoms with E-state index >= 15 is 0 Å². The smallest absolute Gasteiger partial charge is 0.225 e. The molecule has 0 aromatic carbocycles. The topological polar surface area (TPSA) is 95.6 Å². The van der Waals surface area contributed by atoms with Gasteiger partial charge in [-0.1, -0.05) is 6.42 Å². The zero-order chi connectivity index (χ0) is 10.6. The van der Waals surface area contributed by atoms with Crippen LogP contribution in [0.2, 0.25) is 0 Å². The minimum Gasteiger partial charge on any atom is -0.394 e. The minimum atomic E-state index is -0.560. The van der Waals surface area contributed by atoms with Gasteiger partial charge in [-0.3, -0.25) is 4.79 Å². The number of nitrogens with one attached hydrogen (secondary N) is 1. The van der Waals surface area contributed by atoms with Crippen molar-refractivity contribution in [3.63, 3.8) is 0 Å². The van der Waals surface area contributed by atoms with Gasteiger partial charge in [-0.05, 0) is 12.8 Å². The van der Waals surface area contributed by atoms with E-state index in [1.807, 2.05) is 0 Å². The first-order valence-corrected chi connectivity index (χ1v) is 4.96. The molecule has 1 amide bonds. The Balaban J connectivity index is 2.40. The SMILES string of the molecule is NC1CCCC1C(=O)NC(CO)CO. The second kappa shape index (κ2) is 5.29. The van der Waals surface area contributed by atoms with Gasteiger partial charge in [-0.15, -0.1) is 0 Å². The molecule has 82 valence electrons. The number of carbonyl (C=O) groups excluding carboxylic acids is 1. The van der Waals surface area contributed by atoms with Gasteiger partial charge in [0.1, 0.15) is 0 Å². The molecule has 0 saturated heterocycles. The van der Waals surface area contributed by atoms with E-state index in [2.05, 4.69) is 5.32 Å². The highest BCUT2D eigenvalue weighted by Gasteiger charge is 2.30. The van der Waals surface area contributed by atoms with Crippen molar-refractivity contribution in [1.29, 1.82) is 0 Å². The average Bonchev–Trinajstić information content (AvgIpc) is 2.60. The number of aliphatic hydroxyl groups is 2. The summed E-state index contributed by atoms with van der Waals surface area (Å²) < 4.78 is 0. The van der Waals surface area contributed by atoms with Gasteiger partial charge in [0.2, 0.25) is 5.91 Å². The first-order chi connectivity index (χ1) is 6.69. The molecule has 5 nitrogen and oxygen atoms in total. The predicted octanol–water partition coefficient (Wildman–Crippen LogP) is -1.42. The third-order valence-corrected chi connectivity index (χ3v) is 2.69. The largest absolute Gasteiger partial charge is 0.394 e. The van der Waals surface area contributed by atoms with Crippen LogP contribution in [0.5, 0.6) is 0 Å². The lowest BCUT2D eigenvalue weighted by atomic mass is 10.0. The second-order valence-corrected chi connectivity index (χ2v) is 3.77. The second-order valence-electron chi connectivity index (χ2n) is 3.77. The summed E-state index contributed by atoms with van der Waals surface area (Å²) in [5.74, 6) is -0.307. The Bertz CT molecular complexity index is 194. The van der Waals surface area contributed by atoms with Crippen molar-refractivity contribution in [1.82, 2.24) is 5.32 Å². The van der Waals surface area contributed by atoms with Gasteiger partial charge in [-0.25, -0.2) is 0 Å². The fourth-order valence-corrected chi connectivity index (χ4v) is 1.77. The lowest BCUT2D eigenvalue weighted by molar-refractivity contribution is -0.126. The number of carbonyl (C=O) groups is 1. The quantitative estimate of drug-likeness (QED) is 0.450. The lowest BCUT2D eigenvalue weighted by Crippen LogP contribution is -2.46. The van der Waals surface area contributed by atoms with Gasteiger partial charge in [0.15, 0.2) is 0 Å². The molecule has 5 N–H and O–H groups in total. The highest BCUT2D eigenvalue weighted by atomic mass is 16.3. The third-order valence-electron chi connectivity index (χ3n) is 2.69. The maximum Gasteiger partial charge on any atom is 0.225 e. The Morgan fingerprint density at radius 1 is 1.43 bits per heavy atom. The van der Waals surface area contributed by atoms with E-state index in [0.717, 1.165) is 19.3 Å². The molecule has 0 bridgehead atoms. The normalized spacial score (nSPS) is 26.9. The fraction of sp³-hybridized carbons (Fsp3) is 0.889. The van der Waals surface area contributed by atoms with E-state index in [9.17, 15) is 4.79 Å². The molecule has 1 aliphatic carbocycles. The van der Waals surface area contributed by atoms with E-state index in [-0.39, 0.29) is 31.1 Å². The molecule has 0 radical (unpaired) electrons. The molecule has 0 aromatic heterocycles. The van der Waals surface area contributed by atoms with Crippen LogP contribution in [0.1, 0.15) is 19.3 Å². The molecule has 2 atom stereocenters. The molecule has 1 aliphatic rings. The Hall–Kier alpha value is -0.650. The summed E-state index contributed by atoms with van der Waals surface area (Å²) in [5.41, 5.74) is 5.75. The van der Waals surface area contributed by atoms with Gasteiger partial charge in [0.05, 0.1) is 25.2 Å². The van der Waals surface area contributed by atoms with E-state index < -0.39 is 6.04 Å². The van der Waals surface area contributed by atoms with Crippen molar-refractivity contribution in [3.8, 4) is 0 Å². The van der Waals surface area contributed by atoms with Crippen LogP contribution in [0.4, 0.5) is 0 Å². The van der Waals surface area contributed by atoms with Crippen LogP contribution in [0.3, 0.4) is 0 Å². The first kappa shape index (κ1) is 11.4. The van der Waals surface area contributed by atoms with Crippen molar-refractivity contribution in [3.05, 3.63) is 0 Å². The number of hydrogen-bond acceptors (Lipinski definition) is 4. The zero-order valence-electron chi connectivity index (χ0n) is 8.15. The van der Waals surface area contributed by atoms with Gasteiger partial charge < -0.3 is 21.3 Å². The molecule has 0 heterocycles. The van der Waals surface area contributed by atoms with Crippen LogP contribution in [0, 0.1) is 5.92 Å². The molecule has 0 aliphatic heterocycles. The van der Waals surface area contributed by atoms with Crippen molar-refractivity contribution < 1.29 is 15.0 Å². The molecule has 2 unspecified atom stereocenters. The zero-order valence-corrected chi connectivity index (χ0v) is 8.15. The molecule has 0 spiro atoms. The van der Waals surface area contributed by atoms with Crippen molar-refractivity contribution >= 4 is 5.91 Å². The van der Waals surface area contributed by atoms with Crippen LogP contribution < -0.4 is 11.1 Å². The maximum atomic E-state index is 11.6. The third kappa shape index (κ3) is 2.67. The van der Waals surface area contributed by atoms with Gasteiger partial charge >= 0.3 is 0 Å². The van der Waals surface area contributed by atoms with E-state index in [1.54, 1.807) is 0 Å². The summed E-state index contributed by atoms with van der Waals surface area (Å²) in [6, 6.07) is -0.636. The minimum absolute atomic E-state index is 0.0759. The standard InChI is InChI=1S/C9H18N2O3/c10-8-3-1-2-7(8)9(14)11-6(4-12)5-13/h6-8,12-13H,1-5,10H2,(H,11,14). The van der Waals surface area contributed by atoms with Crippen LogP contribution >= 0.6 is 0 Å². The Morgan fingerprint density at radius 2 is 2.07 bits per heavy atom. The maximum absolute atomic E-state index is 11.6. The van der Waals surface area contributed by atoms with Gasteiger partial charge in [0.25, 0.3) is 0 Å². The molecule has 1 rings (SSSR count). The van der Waals surface area contributed by atoms with E-state index in [4.69, 9.17) is 15.9 Å². The highest BCUT2D eigenvalue weighted by molar-refractivity contribution is 5.80. The number of hydrogen-bond donors (Lipinski definition) is 4. The van der Waals surface area contributed by atoms with Crippen molar-refractivity contribution in [2.24, 2.45) is 11.7 Å². The highest BCUT2D eigenvalue weighted by Crippen LogP contribution is 2.23.